The molecule has 4 heteroatoms. The Bertz CT molecular complexity index is 484. The summed E-state index contributed by atoms with van der Waals surface area (Å²) in [6, 6.07) is 5.76. The summed E-state index contributed by atoms with van der Waals surface area (Å²) < 4.78 is 0. The molecule has 1 aliphatic rings. The molecule has 20 heavy (non-hydrogen) atoms. The third-order valence-corrected chi connectivity index (χ3v) is 5.24. The van der Waals surface area contributed by atoms with Crippen LogP contribution in [-0.2, 0) is 0 Å². The maximum atomic E-state index is 7.75. The van der Waals surface area contributed by atoms with E-state index in [1.807, 2.05) is 12.1 Å². The van der Waals surface area contributed by atoms with Crippen LogP contribution in [0.3, 0.4) is 0 Å². The second-order valence-corrected chi connectivity index (χ2v) is 6.15. The van der Waals surface area contributed by atoms with Crippen molar-refractivity contribution in [3.8, 4) is 0 Å². The van der Waals surface area contributed by atoms with Crippen LogP contribution in [0.15, 0.2) is 18.2 Å². The van der Waals surface area contributed by atoms with Gasteiger partial charge in [-0.05, 0) is 30.4 Å². The Morgan fingerprint density at radius 1 is 1.30 bits per heavy atom. The Kier molecular flexibility index (Phi) is 4.59. The Morgan fingerprint density at radius 2 is 1.90 bits per heavy atom. The van der Waals surface area contributed by atoms with Gasteiger partial charge < -0.3 is 10.6 Å². The summed E-state index contributed by atoms with van der Waals surface area (Å²) >= 11 is 6.21. The lowest BCUT2D eigenvalue weighted by Gasteiger charge is -2.42. The molecule has 2 rings (SSSR count). The summed E-state index contributed by atoms with van der Waals surface area (Å²) in [5.41, 5.74) is 7.87. The van der Waals surface area contributed by atoms with Crippen LogP contribution in [-0.4, -0.2) is 18.9 Å². The average Bonchev–Trinajstić information content (AvgIpc) is 2.46. The molecule has 0 radical (unpaired) electrons. The summed E-state index contributed by atoms with van der Waals surface area (Å²) in [5, 5.41) is 8.32. The van der Waals surface area contributed by atoms with E-state index in [0.29, 0.717) is 16.0 Å². The van der Waals surface area contributed by atoms with Crippen molar-refractivity contribution in [2.75, 3.05) is 18.0 Å². The Balaban J connectivity index is 2.23. The molecule has 0 saturated carbocycles. The molecule has 0 atom stereocenters. The minimum atomic E-state index is 0.0495. The molecule has 1 saturated heterocycles. The van der Waals surface area contributed by atoms with Crippen molar-refractivity contribution < 1.29 is 0 Å². The summed E-state index contributed by atoms with van der Waals surface area (Å²) in [6.45, 7) is 6.61. The molecule has 0 amide bonds. The topological polar surface area (TPSA) is 53.1 Å². The highest BCUT2D eigenvalue weighted by atomic mass is 35.5. The number of hydrogen-bond donors (Lipinski definition) is 2. The first kappa shape index (κ1) is 15.2. The van der Waals surface area contributed by atoms with Crippen LogP contribution < -0.4 is 10.6 Å². The van der Waals surface area contributed by atoms with E-state index in [-0.39, 0.29) is 5.84 Å². The predicted molar refractivity (Wildman–Crippen MR) is 86.9 cm³/mol. The predicted octanol–water partition coefficient (Wildman–Crippen LogP) is 4.03. The molecule has 0 spiro atoms. The molecule has 1 fully saturated rings. The van der Waals surface area contributed by atoms with Gasteiger partial charge in [-0.3, -0.25) is 5.41 Å². The fourth-order valence-corrected chi connectivity index (χ4v) is 3.49. The van der Waals surface area contributed by atoms with Gasteiger partial charge in [0.15, 0.2) is 0 Å². The molecule has 3 nitrogen and oxygen atoms in total. The SMILES string of the molecule is CCC1(CC)CCN(c2cccc(Cl)c2C(=N)N)CC1. The Hall–Kier alpha value is -1.22. The van der Waals surface area contributed by atoms with E-state index in [9.17, 15) is 0 Å². The van der Waals surface area contributed by atoms with Gasteiger partial charge in [-0.2, -0.15) is 0 Å². The quantitative estimate of drug-likeness (QED) is 0.650. The molecule has 3 N–H and O–H groups in total. The van der Waals surface area contributed by atoms with Gasteiger partial charge in [-0.25, -0.2) is 0 Å². The normalized spacial score (nSPS) is 18.1. The molecule has 0 unspecified atom stereocenters. The number of rotatable bonds is 4. The van der Waals surface area contributed by atoms with E-state index in [4.69, 9.17) is 22.7 Å². The van der Waals surface area contributed by atoms with Gasteiger partial charge in [0.25, 0.3) is 0 Å². The zero-order chi connectivity index (χ0) is 14.8. The van der Waals surface area contributed by atoms with Crippen LogP contribution in [0, 0.1) is 10.8 Å². The van der Waals surface area contributed by atoms with E-state index >= 15 is 0 Å². The smallest absolute Gasteiger partial charge is 0.126 e. The molecular formula is C16H24ClN3. The highest BCUT2D eigenvalue weighted by Gasteiger charge is 2.32. The van der Waals surface area contributed by atoms with Crippen LogP contribution >= 0.6 is 11.6 Å². The Morgan fingerprint density at radius 3 is 2.40 bits per heavy atom. The zero-order valence-electron chi connectivity index (χ0n) is 12.4. The van der Waals surface area contributed by atoms with Crippen LogP contribution in [0.2, 0.25) is 5.02 Å². The summed E-state index contributed by atoms with van der Waals surface area (Å²) in [5.74, 6) is 0.0495. The third-order valence-electron chi connectivity index (χ3n) is 4.93. The largest absolute Gasteiger partial charge is 0.384 e. The number of amidine groups is 1. The van der Waals surface area contributed by atoms with Gasteiger partial charge in [-0.15, -0.1) is 0 Å². The van der Waals surface area contributed by atoms with Crippen LogP contribution in [0.25, 0.3) is 0 Å². The van der Waals surface area contributed by atoms with Crippen molar-refractivity contribution in [3.63, 3.8) is 0 Å². The number of nitrogens with one attached hydrogen (secondary N) is 1. The lowest BCUT2D eigenvalue weighted by atomic mass is 9.74. The number of nitrogens with zero attached hydrogens (tertiary/aromatic N) is 1. The van der Waals surface area contributed by atoms with Crippen molar-refractivity contribution in [1.29, 1.82) is 5.41 Å². The molecular weight excluding hydrogens is 270 g/mol. The van der Waals surface area contributed by atoms with Crippen LogP contribution in [0.5, 0.6) is 0 Å². The zero-order valence-corrected chi connectivity index (χ0v) is 13.1. The van der Waals surface area contributed by atoms with E-state index in [1.165, 1.54) is 25.7 Å². The number of halogens is 1. The molecule has 0 aliphatic carbocycles. The average molecular weight is 294 g/mol. The molecule has 0 aromatic heterocycles. The van der Waals surface area contributed by atoms with E-state index in [0.717, 1.165) is 18.8 Å². The first-order chi connectivity index (χ1) is 9.53. The molecule has 1 aromatic rings. The minimum absolute atomic E-state index is 0.0495. The molecule has 1 aromatic carbocycles. The first-order valence-corrected chi connectivity index (χ1v) is 7.78. The first-order valence-electron chi connectivity index (χ1n) is 7.41. The number of hydrogen-bond acceptors (Lipinski definition) is 2. The van der Waals surface area contributed by atoms with Gasteiger partial charge in [0.2, 0.25) is 0 Å². The lowest BCUT2D eigenvalue weighted by Crippen LogP contribution is -2.40. The number of nitrogen functional groups attached to an aromatic ring is 1. The van der Waals surface area contributed by atoms with E-state index < -0.39 is 0 Å². The Labute approximate surface area is 126 Å². The second-order valence-electron chi connectivity index (χ2n) is 5.74. The van der Waals surface area contributed by atoms with Crippen LogP contribution in [0.4, 0.5) is 5.69 Å². The van der Waals surface area contributed by atoms with Crippen LogP contribution in [0.1, 0.15) is 45.1 Å². The summed E-state index contributed by atoms with van der Waals surface area (Å²) in [6.07, 6.45) is 4.88. The molecule has 1 heterocycles. The fraction of sp³-hybridized carbons (Fsp3) is 0.562. The van der Waals surface area contributed by atoms with E-state index in [2.05, 4.69) is 18.7 Å². The van der Waals surface area contributed by atoms with Crippen molar-refractivity contribution in [3.05, 3.63) is 28.8 Å². The van der Waals surface area contributed by atoms with E-state index in [1.54, 1.807) is 6.07 Å². The summed E-state index contributed by atoms with van der Waals surface area (Å²) in [7, 11) is 0. The lowest BCUT2D eigenvalue weighted by molar-refractivity contribution is 0.199. The maximum absolute atomic E-state index is 7.75. The monoisotopic (exact) mass is 293 g/mol. The van der Waals surface area contributed by atoms with Gasteiger partial charge in [0.05, 0.1) is 10.6 Å². The molecule has 1 aliphatic heterocycles. The number of anilines is 1. The van der Waals surface area contributed by atoms with Gasteiger partial charge in [0, 0.05) is 18.8 Å². The van der Waals surface area contributed by atoms with Gasteiger partial charge in [-0.1, -0.05) is 44.4 Å². The minimum Gasteiger partial charge on any atom is -0.384 e. The number of piperidine rings is 1. The van der Waals surface area contributed by atoms with Crippen molar-refractivity contribution in [2.45, 2.75) is 39.5 Å². The van der Waals surface area contributed by atoms with Crippen molar-refractivity contribution in [2.24, 2.45) is 11.1 Å². The standard InChI is InChI=1S/C16H24ClN3/c1-3-16(4-2)8-10-20(11-9-16)13-7-5-6-12(17)14(13)15(18)19/h5-7H,3-4,8-11H2,1-2H3,(H3,18,19). The fourth-order valence-electron chi connectivity index (χ4n) is 3.22. The van der Waals surface area contributed by atoms with Gasteiger partial charge >= 0.3 is 0 Å². The number of benzene rings is 1. The van der Waals surface area contributed by atoms with Crippen molar-refractivity contribution >= 4 is 23.1 Å². The second kappa shape index (κ2) is 6.04. The summed E-state index contributed by atoms with van der Waals surface area (Å²) in [4.78, 5) is 2.33. The maximum Gasteiger partial charge on any atom is 0.126 e. The highest BCUT2D eigenvalue weighted by molar-refractivity contribution is 6.34. The number of nitrogens with two attached hydrogens (primary N) is 1. The molecule has 0 bridgehead atoms. The third kappa shape index (κ3) is 2.78. The van der Waals surface area contributed by atoms with Crippen molar-refractivity contribution in [1.82, 2.24) is 0 Å². The molecule has 110 valence electrons. The highest BCUT2D eigenvalue weighted by Crippen LogP contribution is 2.40. The van der Waals surface area contributed by atoms with Gasteiger partial charge in [0.1, 0.15) is 5.84 Å².